The molecule has 0 aliphatic carbocycles. The first-order valence-corrected chi connectivity index (χ1v) is 5.29. The molecule has 0 amide bonds. The molecule has 0 unspecified atom stereocenters. The molecule has 0 bridgehead atoms. The van der Waals surface area contributed by atoms with E-state index >= 15 is 0 Å². The van der Waals surface area contributed by atoms with Crippen molar-refractivity contribution in [2.24, 2.45) is 0 Å². The summed E-state index contributed by atoms with van der Waals surface area (Å²) in [5.74, 6) is -0.909. The number of phenols is 1. The lowest BCUT2D eigenvalue weighted by molar-refractivity contribution is -0.870. The topological polar surface area (TPSA) is 66.8 Å². The highest BCUT2D eigenvalue weighted by atomic mass is 35.5. The summed E-state index contributed by atoms with van der Waals surface area (Å²) in [7, 11) is 6.12. The Hall–Kier alpha value is -1.46. The Bertz CT molecular complexity index is 415. The van der Waals surface area contributed by atoms with E-state index in [4.69, 9.17) is 9.84 Å². The monoisotopic (exact) mass is 275 g/mol. The van der Waals surface area contributed by atoms with Gasteiger partial charge in [0, 0.05) is 0 Å². The minimum Gasteiger partial charge on any atom is -1.00 e. The van der Waals surface area contributed by atoms with Crippen molar-refractivity contribution in [3.05, 3.63) is 23.8 Å². The van der Waals surface area contributed by atoms with Gasteiger partial charge < -0.3 is 31.8 Å². The molecule has 0 aliphatic heterocycles. The number of halogens is 1. The number of nitrogens with zero attached hydrogens (tertiary/aromatic N) is 1. The van der Waals surface area contributed by atoms with Gasteiger partial charge in [-0.25, -0.2) is 4.79 Å². The smallest absolute Gasteiger partial charge is 0.335 e. The van der Waals surface area contributed by atoms with Crippen molar-refractivity contribution in [3.63, 3.8) is 0 Å². The molecule has 0 saturated carbocycles. The molecule has 0 fully saturated rings. The van der Waals surface area contributed by atoms with Crippen molar-refractivity contribution < 1.29 is 36.6 Å². The van der Waals surface area contributed by atoms with Gasteiger partial charge in [0.2, 0.25) is 0 Å². The van der Waals surface area contributed by atoms with E-state index in [1.165, 1.54) is 18.2 Å². The summed E-state index contributed by atoms with van der Waals surface area (Å²) in [5, 5.41) is 18.3. The fraction of sp³-hybridized carbons (Fsp3) is 0.417. The fourth-order valence-electron chi connectivity index (χ4n) is 1.20. The highest BCUT2D eigenvalue weighted by molar-refractivity contribution is 5.88. The minimum absolute atomic E-state index is 0. The number of carbonyl (C=O) groups is 1. The molecule has 0 heterocycles. The van der Waals surface area contributed by atoms with E-state index in [-0.39, 0.29) is 23.7 Å². The normalized spacial score (nSPS) is 10.6. The number of hydrogen-bond acceptors (Lipinski definition) is 3. The van der Waals surface area contributed by atoms with Gasteiger partial charge in [-0.2, -0.15) is 0 Å². The van der Waals surface area contributed by atoms with E-state index in [1.54, 1.807) is 0 Å². The van der Waals surface area contributed by atoms with Crippen LogP contribution in [0.5, 0.6) is 11.5 Å². The van der Waals surface area contributed by atoms with Crippen LogP contribution in [0.15, 0.2) is 18.2 Å². The van der Waals surface area contributed by atoms with Crippen LogP contribution in [-0.4, -0.2) is 55.0 Å². The van der Waals surface area contributed by atoms with Crippen LogP contribution in [0.2, 0.25) is 0 Å². The minimum atomic E-state index is -1.07. The van der Waals surface area contributed by atoms with Crippen molar-refractivity contribution in [2.75, 3.05) is 34.3 Å². The number of phenolic OH excluding ortho intramolecular Hbond substituents is 1. The summed E-state index contributed by atoms with van der Waals surface area (Å²) in [6.07, 6.45) is 0. The quantitative estimate of drug-likeness (QED) is 0.621. The summed E-state index contributed by atoms with van der Waals surface area (Å²) in [4.78, 5) is 10.7. The van der Waals surface area contributed by atoms with Gasteiger partial charge in [-0.3, -0.25) is 0 Å². The van der Waals surface area contributed by atoms with Crippen molar-refractivity contribution >= 4 is 5.97 Å². The molecule has 6 heteroatoms. The number of aromatic hydroxyl groups is 1. The van der Waals surface area contributed by atoms with E-state index in [2.05, 4.69) is 0 Å². The second-order valence-corrected chi connectivity index (χ2v) is 4.85. The molecule has 2 N–H and O–H groups in total. The molecule has 1 aromatic rings. The standard InChI is InChI=1S/C12H17NO4.ClH/c1-13(2,3)6-7-17-11-5-4-9(12(15)16)8-10(11)14;/h4-5,8H,6-7H2,1-3H3,(H-,14,15,16);1H. The van der Waals surface area contributed by atoms with Gasteiger partial charge in [0.15, 0.2) is 11.5 Å². The Kier molecular flexibility index (Phi) is 5.94. The van der Waals surface area contributed by atoms with Gasteiger partial charge in [-0.15, -0.1) is 0 Å². The maximum Gasteiger partial charge on any atom is 0.335 e. The second kappa shape index (κ2) is 6.47. The Morgan fingerprint density at radius 1 is 1.33 bits per heavy atom. The molecule has 102 valence electrons. The van der Waals surface area contributed by atoms with E-state index in [1.807, 2.05) is 21.1 Å². The van der Waals surface area contributed by atoms with Crippen LogP contribution >= 0.6 is 0 Å². The lowest BCUT2D eigenvalue weighted by Gasteiger charge is -2.23. The van der Waals surface area contributed by atoms with E-state index in [0.29, 0.717) is 12.4 Å². The summed E-state index contributed by atoms with van der Waals surface area (Å²) < 4.78 is 6.15. The summed E-state index contributed by atoms with van der Waals surface area (Å²) in [6, 6.07) is 4.06. The molecule has 1 aromatic carbocycles. The van der Waals surface area contributed by atoms with Crippen molar-refractivity contribution in [3.8, 4) is 11.5 Å². The molecule has 0 aromatic heterocycles. The Labute approximate surface area is 113 Å². The first kappa shape index (κ1) is 16.5. The maximum absolute atomic E-state index is 10.7. The number of benzene rings is 1. The predicted octanol–water partition coefficient (Wildman–Crippen LogP) is -1.82. The SMILES string of the molecule is C[N+](C)(C)CCOc1ccc(C(=O)O)cc1O.[Cl-]. The average Bonchev–Trinajstić information content (AvgIpc) is 2.18. The van der Waals surface area contributed by atoms with Crippen LogP contribution in [0.3, 0.4) is 0 Å². The summed E-state index contributed by atoms with van der Waals surface area (Å²) >= 11 is 0. The molecule has 1 rings (SSSR count). The zero-order chi connectivity index (χ0) is 13.1. The number of likely N-dealkylation sites (N-methyl/N-ethyl adjacent to an activating group) is 1. The lowest BCUT2D eigenvalue weighted by atomic mass is 10.2. The van der Waals surface area contributed by atoms with E-state index in [9.17, 15) is 9.90 Å². The van der Waals surface area contributed by atoms with Crippen molar-refractivity contribution in [1.82, 2.24) is 0 Å². The average molecular weight is 276 g/mol. The molecular weight excluding hydrogens is 258 g/mol. The number of carboxylic acid groups (broad SMARTS) is 1. The highest BCUT2D eigenvalue weighted by Gasteiger charge is 2.10. The predicted molar refractivity (Wildman–Crippen MR) is 63.5 cm³/mol. The molecule has 0 spiro atoms. The molecule has 0 radical (unpaired) electrons. The zero-order valence-corrected chi connectivity index (χ0v) is 11.4. The van der Waals surface area contributed by atoms with Crippen LogP contribution < -0.4 is 17.1 Å². The van der Waals surface area contributed by atoms with Crippen molar-refractivity contribution in [1.29, 1.82) is 0 Å². The summed E-state index contributed by atoms with van der Waals surface area (Å²) in [5.41, 5.74) is 0.0430. The van der Waals surface area contributed by atoms with Crippen LogP contribution in [-0.2, 0) is 0 Å². The molecular formula is C12H18ClNO4. The highest BCUT2D eigenvalue weighted by Crippen LogP contribution is 2.26. The second-order valence-electron chi connectivity index (χ2n) is 4.85. The molecule has 0 atom stereocenters. The van der Waals surface area contributed by atoms with Gasteiger partial charge in [-0.1, -0.05) is 0 Å². The third kappa shape index (κ3) is 5.25. The molecule has 18 heavy (non-hydrogen) atoms. The van der Waals surface area contributed by atoms with Gasteiger partial charge in [-0.05, 0) is 18.2 Å². The Balaban J connectivity index is 0.00000289. The molecule has 0 aliphatic rings. The Morgan fingerprint density at radius 3 is 2.39 bits per heavy atom. The molecule has 5 nitrogen and oxygen atoms in total. The van der Waals surface area contributed by atoms with Crippen LogP contribution in [0.4, 0.5) is 0 Å². The van der Waals surface area contributed by atoms with Crippen LogP contribution in [0.25, 0.3) is 0 Å². The van der Waals surface area contributed by atoms with Gasteiger partial charge >= 0.3 is 5.97 Å². The van der Waals surface area contributed by atoms with Crippen LogP contribution in [0.1, 0.15) is 10.4 Å². The van der Waals surface area contributed by atoms with Gasteiger partial charge in [0.25, 0.3) is 0 Å². The number of carboxylic acids is 1. The third-order valence-electron chi connectivity index (χ3n) is 2.23. The first-order valence-electron chi connectivity index (χ1n) is 5.29. The van der Waals surface area contributed by atoms with Gasteiger partial charge in [0.05, 0.1) is 26.7 Å². The summed E-state index contributed by atoms with van der Waals surface area (Å²) in [6.45, 7) is 1.25. The number of hydrogen-bond donors (Lipinski definition) is 2. The Morgan fingerprint density at radius 2 is 1.94 bits per heavy atom. The van der Waals surface area contributed by atoms with Gasteiger partial charge in [0.1, 0.15) is 13.2 Å². The lowest BCUT2D eigenvalue weighted by Crippen LogP contribution is -3.00. The first-order chi connectivity index (χ1) is 7.79. The molecule has 0 saturated heterocycles. The number of ether oxygens (including phenoxy) is 1. The van der Waals surface area contributed by atoms with E-state index in [0.717, 1.165) is 11.0 Å². The largest absolute Gasteiger partial charge is 1.00 e. The van der Waals surface area contributed by atoms with E-state index < -0.39 is 5.97 Å². The fourth-order valence-corrected chi connectivity index (χ4v) is 1.20. The number of rotatable bonds is 5. The van der Waals surface area contributed by atoms with Crippen molar-refractivity contribution in [2.45, 2.75) is 0 Å². The zero-order valence-electron chi connectivity index (χ0n) is 10.7. The number of quaternary nitrogens is 1. The van der Waals surface area contributed by atoms with Crippen LogP contribution in [0, 0.1) is 0 Å². The third-order valence-corrected chi connectivity index (χ3v) is 2.23. The maximum atomic E-state index is 10.7. The number of aromatic carboxylic acids is 1.